The van der Waals surface area contributed by atoms with E-state index in [2.05, 4.69) is 5.32 Å². The van der Waals surface area contributed by atoms with Crippen LogP contribution in [0.15, 0.2) is 35.3 Å². The largest absolute Gasteiger partial charge is 0.379 e. The summed E-state index contributed by atoms with van der Waals surface area (Å²) in [5.41, 5.74) is 1.52. The molecule has 4 rings (SSSR count). The summed E-state index contributed by atoms with van der Waals surface area (Å²) >= 11 is 0. The van der Waals surface area contributed by atoms with E-state index in [1.807, 2.05) is 0 Å². The highest BCUT2D eigenvalue weighted by atomic mass is 19.1. The topological polar surface area (TPSA) is 80.6 Å². The van der Waals surface area contributed by atoms with Gasteiger partial charge >= 0.3 is 0 Å². The fraction of sp³-hybridized carbons (Fsp3) is 0.409. The number of hydrogen-bond donors (Lipinski definition) is 1. The van der Waals surface area contributed by atoms with Gasteiger partial charge in [0.15, 0.2) is 0 Å². The molecule has 0 radical (unpaired) electrons. The minimum absolute atomic E-state index is 0.0225. The van der Waals surface area contributed by atoms with Crippen molar-refractivity contribution in [3.8, 4) is 5.69 Å². The number of pyridine rings is 1. The van der Waals surface area contributed by atoms with E-state index in [1.165, 1.54) is 28.8 Å². The van der Waals surface area contributed by atoms with E-state index < -0.39 is 17.3 Å². The molecule has 1 saturated heterocycles. The van der Waals surface area contributed by atoms with Crippen molar-refractivity contribution < 1.29 is 18.7 Å². The van der Waals surface area contributed by atoms with Crippen LogP contribution in [0.3, 0.4) is 0 Å². The molecule has 1 atom stereocenters. The Morgan fingerprint density at radius 2 is 2.03 bits per heavy atom. The number of aromatic nitrogens is 1. The van der Waals surface area contributed by atoms with Gasteiger partial charge in [0.05, 0.1) is 12.6 Å². The molecule has 7 nitrogen and oxygen atoms in total. The number of fused-ring (bicyclic) bond motifs is 1. The van der Waals surface area contributed by atoms with Crippen LogP contribution >= 0.6 is 0 Å². The molecule has 2 aromatic rings. The van der Waals surface area contributed by atoms with Crippen LogP contribution in [0.5, 0.6) is 0 Å². The van der Waals surface area contributed by atoms with Crippen molar-refractivity contribution in [1.29, 1.82) is 0 Å². The van der Waals surface area contributed by atoms with Crippen LogP contribution in [0.2, 0.25) is 0 Å². The lowest BCUT2D eigenvalue weighted by molar-refractivity contribution is -0.131. The normalized spacial score (nSPS) is 18.2. The number of nitrogens with one attached hydrogen (secondary N) is 1. The molecule has 2 amide bonds. The monoisotopic (exact) mass is 413 g/mol. The molecule has 1 fully saturated rings. The van der Waals surface area contributed by atoms with Crippen LogP contribution in [-0.4, -0.2) is 47.1 Å². The summed E-state index contributed by atoms with van der Waals surface area (Å²) in [6, 6.07) is 5.39. The van der Waals surface area contributed by atoms with Crippen molar-refractivity contribution >= 4 is 11.8 Å². The van der Waals surface area contributed by atoms with E-state index in [1.54, 1.807) is 18.0 Å². The van der Waals surface area contributed by atoms with Crippen LogP contribution in [-0.2, 0) is 22.5 Å². The fourth-order valence-corrected chi connectivity index (χ4v) is 4.03. The van der Waals surface area contributed by atoms with Crippen LogP contribution < -0.4 is 10.9 Å². The third kappa shape index (κ3) is 3.87. The first kappa shape index (κ1) is 20.3. The average molecular weight is 413 g/mol. The van der Waals surface area contributed by atoms with Crippen LogP contribution in [0, 0.1) is 5.82 Å². The van der Waals surface area contributed by atoms with Crippen molar-refractivity contribution in [3.05, 3.63) is 63.3 Å². The first-order valence-electron chi connectivity index (χ1n) is 10.2. The Kier molecular flexibility index (Phi) is 5.67. The Hall–Kier alpha value is -3.00. The average Bonchev–Trinajstić information content (AvgIpc) is 3.26. The van der Waals surface area contributed by atoms with Gasteiger partial charge in [0.2, 0.25) is 5.91 Å². The quantitative estimate of drug-likeness (QED) is 0.829. The van der Waals surface area contributed by atoms with Gasteiger partial charge in [0.1, 0.15) is 11.4 Å². The summed E-state index contributed by atoms with van der Waals surface area (Å²) in [6.45, 7) is 3.60. The molecule has 2 aliphatic heterocycles. The van der Waals surface area contributed by atoms with Gasteiger partial charge in [-0.2, -0.15) is 0 Å². The van der Waals surface area contributed by atoms with E-state index in [0.29, 0.717) is 56.8 Å². The lowest BCUT2D eigenvalue weighted by Crippen LogP contribution is -2.43. The van der Waals surface area contributed by atoms with Crippen molar-refractivity contribution in [3.63, 3.8) is 0 Å². The number of ether oxygens (including phenoxy) is 1. The van der Waals surface area contributed by atoms with Gasteiger partial charge in [-0.05, 0) is 48.2 Å². The van der Waals surface area contributed by atoms with Crippen LogP contribution in [0.4, 0.5) is 4.39 Å². The number of carbonyl (C=O) groups is 2. The molecule has 2 aliphatic rings. The highest BCUT2D eigenvalue weighted by Crippen LogP contribution is 2.23. The van der Waals surface area contributed by atoms with Crippen molar-refractivity contribution in [2.45, 2.75) is 38.8 Å². The number of carbonyl (C=O) groups excluding carboxylic acids is 2. The predicted octanol–water partition coefficient (Wildman–Crippen LogP) is 1.79. The molecule has 0 aliphatic carbocycles. The first-order chi connectivity index (χ1) is 14.5. The maximum Gasteiger partial charge on any atom is 0.268 e. The van der Waals surface area contributed by atoms with Crippen LogP contribution in [0.1, 0.15) is 41.3 Å². The number of nitrogens with zero attached hydrogens (tertiary/aromatic N) is 2. The zero-order valence-corrected chi connectivity index (χ0v) is 16.8. The molecule has 1 unspecified atom stereocenters. The van der Waals surface area contributed by atoms with Gasteiger partial charge in [-0.15, -0.1) is 0 Å². The Morgan fingerprint density at radius 3 is 2.70 bits per heavy atom. The number of rotatable bonds is 4. The minimum atomic E-state index is -0.452. The van der Waals surface area contributed by atoms with E-state index in [-0.39, 0.29) is 17.5 Å². The van der Waals surface area contributed by atoms with Crippen LogP contribution in [0.25, 0.3) is 5.69 Å². The molecule has 30 heavy (non-hydrogen) atoms. The van der Waals surface area contributed by atoms with Gasteiger partial charge < -0.3 is 15.0 Å². The van der Waals surface area contributed by atoms with Crippen molar-refractivity contribution in [2.24, 2.45) is 0 Å². The minimum Gasteiger partial charge on any atom is -0.379 e. The molecule has 1 aromatic carbocycles. The predicted molar refractivity (Wildman–Crippen MR) is 108 cm³/mol. The summed E-state index contributed by atoms with van der Waals surface area (Å²) in [6.07, 6.45) is 3.19. The Morgan fingerprint density at radius 1 is 1.27 bits per heavy atom. The Labute approximate surface area is 173 Å². The first-order valence-corrected chi connectivity index (χ1v) is 10.2. The van der Waals surface area contributed by atoms with Gasteiger partial charge in [-0.3, -0.25) is 19.0 Å². The smallest absolute Gasteiger partial charge is 0.268 e. The maximum absolute atomic E-state index is 13.4. The van der Waals surface area contributed by atoms with E-state index in [9.17, 15) is 18.8 Å². The summed E-state index contributed by atoms with van der Waals surface area (Å²) < 4.78 is 20.1. The highest BCUT2D eigenvalue weighted by molar-refractivity contribution is 5.96. The zero-order chi connectivity index (χ0) is 21.3. The third-order valence-electron chi connectivity index (χ3n) is 5.65. The maximum atomic E-state index is 13.4. The van der Waals surface area contributed by atoms with Gasteiger partial charge in [-0.25, -0.2) is 4.39 Å². The van der Waals surface area contributed by atoms with Gasteiger partial charge in [-0.1, -0.05) is 6.92 Å². The molecular formula is C22H24FN3O4. The van der Waals surface area contributed by atoms with Gasteiger partial charge in [0, 0.05) is 38.0 Å². The second-order valence-corrected chi connectivity index (χ2v) is 7.61. The molecule has 158 valence electrons. The van der Waals surface area contributed by atoms with E-state index in [4.69, 9.17) is 4.74 Å². The SMILES string of the molecule is CCC(=O)N1CCc2c(cn(-c3ccc(F)cc3)c(=O)c2C(=O)NC2CCOC2)C1. The van der Waals surface area contributed by atoms with Crippen molar-refractivity contribution in [1.82, 2.24) is 14.8 Å². The lowest BCUT2D eigenvalue weighted by Gasteiger charge is -2.30. The summed E-state index contributed by atoms with van der Waals surface area (Å²) in [5, 5.41) is 2.90. The molecule has 0 spiro atoms. The second kappa shape index (κ2) is 8.39. The van der Waals surface area contributed by atoms with Gasteiger partial charge in [0.25, 0.3) is 11.5 Å². The summed E-state index contributed by atoms with van der Waals surface area (Å²) in [5.74, 6) is -0.823. The molecule has 1 N–H and O–H groups in total. The lowest BCUT2D eigenvalue weighted by atomic mass is 9.95. The molecule has 0 saturated carbocycles. The number of amides is 2. The highest BCUT2D eigenvalue weighted by Gasteiger charge is 2.29. The Bertz CT molecular complexity index is 1030. The molecule has 8 heteroatoms. The molecular weight excluding hydrogens is 389 g/mol. The zero-order valence-electron chi connectivity index (χ0n) is 16.8. The Balaban J connectivity index is 1.80. The summed E-state index contributed by atoms with van der Waals surface area (Å²) in [7, 11) is 0. The van der Waals surface area contributed by atoms with E-state index >= 15 is 0 Å². The molecule has 1 aromatic heterocycles. The van der Waals surface area contributed by atoms with Crippen molar-refractivity contribution in [2.75, 3.05) is 19.8 Å². The third-order valence-corrected chi connectivity index (χ3v) is 5.65. The molecule has 3 heterocycles. The second-order valence-electron chi connectivity index (χ2n) is 7.61. The number of halogens is 1. The fourth-order valence-electron chi connectivity index (χ4n) is 4.03. The number of benzene rings is 1. The number of hydrogen-bond acceptors (Lipinski definition) is 4. The standard InChI is InChI=1S/C22H24FN3O4/c1-2-19(27)25-9-7-18-14(11-25)12-26(17-5-3-15(23)4-6-17)22(29)20(18)21(28)24-16-8-10-30-13-16/h3-6,12,16H,2,7-11,13H2,1H3,(H,24,28). The summed E-state index contributed by atoms with van der Waals surface area (Å²) in [4.78, 5) is 40.3. The van der Waals surface area contributed by atoms with E-state index in [0.717, 1.165) is 5.56 Å². The molecule has 0 bridgehead atoms.